The first kappa shape index (κ1) is 14.4. The molecule has 1 aliphatic heterocycles. The average Bonchev–Trinajstić information content (AvgIpc) is 2.47. The molecule has 0 saturated heterocycles. The van der Waals surface area contributed by atoms with Crippen molar-refractivity contribution in [2.24, 2.45) is 0 Å². The highest BCUT2D eigenvalue weighted by Crippen LogP contribution is 2.35. The van der Waals surface area contributed by atoms with Crippen LogP contribution in [-0.4, -0.2) is 28.6 Å². The molecule has 2 aromatic rings. The Labute approximate surface area is 133 Å². The number of fused-ring (bicyclic) bond motifs is 1. The summed E-state index contributed by atoms with van der Waals surface area (Å²) in [5.41, 5.74) is 1.66. The van der Waals surface area contributed by atoms with E-state index < -0.39 is 10.0 Å². The van der Waals surface area contributed by atoms with Gasteiger partial charge in [0, 0.05) is 18.1 Å². The van der Waals surface area contributed by atoms with E-state index in [1.54, 1.807) is 18.2 Å². The van der Waals surface area contributed by atoms with Crippen LogP contribution in [-0.2, 0) is 10.0 Å². The summed E-state index contributed by atoms with van der Waals surface area (Å²) in [7, 11) is -1.57. The fourth-order valence-electron chi connectivity index (χ4n) is 2.48. The van der Waals surface area contributed by atoms with Crippen molar-refractivity contribution in [3.05, 3.63) is 53.0 Å². The number of sulfonamides is 1. The number of halogens is 1. The molecule has 110 valence electrons. The molecule has 0 unspecified atom stereocenters. The lowest BCUT2D eigenvalue weighted by molar-refractivity contribution is 0.589. The number of likely N-dealkylation sites (N-methyl/N-ethyl adjacent to an activating group) is 1. The Morgan fingerprint density at radius 1 is 1.00 bits per heavy atom. The van der Waals surface area contributed by atoms with E-state index in [2.05, 4.69) is 20.8 Å². The van der Waals surface area contributed by atoms with Crippen LogP contribution in [0.15, 0.2) is 57.9 Å². The Bertz CT molecular complexity index is 777. The van der Waals surface area contributed by atoms with Crippen molar-refractivity contribution < 1.29 is 8.42 Å². The molecule has 0 aromatic heterocycles. The Hall–Kier alpha value is -1.53. The van der Waals surface area contributed by atoms with Crippen LogP contribution in [0.5, 0.6) is 0 Å². The first-order valence-electron chi connectivity index (χ1n) is 6.58. The molecule has 0 amide bonds. The van der Waals surface area contributed by atoms with Crippen LogP contribution in [0.25, 0.3) is 0 Å². The van der Waals surface area contributed by atoms with E-state index >= 15 is 0 Å². The van der Waals surface area contributed by atoms with Crippen LogP contribution in [0.3, 0.4) is 0 Å². The lowest BCUT2D eigenvalue weighted by atomic mass is 10.2. The molecule has 0 saturated carbocycles. The maximum atomic E-state index is 12.9. The van der Waals surface area contributed by atoms with Crippen LogP contribution in [0.4, 0.5) is 11.4 Å². The number of hydrogen-bond acceptors (Lipinski definition) is 3. The lowest BCUT2D eigenvalue weighted by Gasteiger charge is -2.36. The van der Waals surface area contributed by atoms with Crippen LogP contribution >= 0.6 is 15.9 Å². The quantitative estimate of drug-likeness (QED) is 0.819. The van der Waals surface area contributed by atoms with Crippen LogP contribution < -0.4 is 9.21 Å². The zero-order chi connectivity index (χ0) is 15.0. The molecular formula is C15H15BrN2O2S. The molecule has 1 heterocycles. The van der Waals surface area contributed by atoms with Crippen molar-refractivity contribution in [1.82, 2.24) is 0 Å². The molecule has 0 aliphatic carbocycles. The minimum absolute atomic E-state index is 0.302. The van der Waals surface area contributed by atoms with Gasteiger partial charge in [-0.25, -0.2) is 8.42 Å². The third-order valence-corrected chi connectivity index (χ3v) is 5.89. The van der Waals surface area contributed by atoms with Crippen molar-refractivity contribution in [3.8, 4) is 0 Å². The Kier molecular flexibility index (Phi) is 3.67. The van der Waals surface area contributed by atoms with Gasteiger partial charge in [-0.2, -0.15) is 0 Å². The van der Waals surface area contributed by atoms with E-state index in [0.29, 0.717) is 18.0 Å². The van der Waals surface area contributed by atoms with E-state index in [4.69, 9.17) is 0 Å². The zero-order valence-electron chi connectivity index (χ0n) is 11.5. The maximum absolute atomic E-state index is 12.9. The van der Waals surface area contributed by atoms with Crippen LogP contribution in [0.1, 0.15) is 0 Å². The van der Waals surface area contributed by atoms with E-state index in [1.165, 1.54) is 4.31 Å². The van der Waals surface area contributed by atoms with E-state index in [9.17, 15) is 8.42 Å². The van der Waals surface area contributed by atoms with Gasteiger partial charge >= 0.3 is 0 Å². The molecule has 3 rings (SSSR count). The highest BCUT2D eigenvalue weighted by atomic mass is 79.9. The van der Waals surface area contributed by atoms with Crippen molar-refractivity contribution in [2.45, 2.75) is 4.90 Å². The van der Waals surface area contributed by atoms with Crippen molar-refractivity contribution in [1.29, 1.82) is 0 Å². The lowest BCUT2D eigenvalue weighted by Crippen LogP contribution is -2.42. The monoisotopic (exact) mass is 366 g/mol. The summed E-state index contributed by atoms with van der Waals surface area (Å²) in [5, 5.41) is 0. The Morgan fingerprint density at radius 2 is 1.71 bits per heavy atom. The first-order chi connectivity index (χ1) is 10.00. The fourth-order valence-corrected chi connectivity index (χ4v) is 4.55. The molecule has 4 nitrogen and oxygen atoms in total. The van der Waals surface area contributed by atoms with Gasteiger partial charge in [-0.3, -0.25) is 4.31 Å². The van der Waals surface area contributed by atoms with Gasteiger partial charge < -0.3 is 4.90 Å². The molecule has 21 heavy (non-hydrogen) atoms. The van der Waals surface area contributed by atoms with Crippen molar-refractivity contribution >= 4 is 37.3 Å². The summed E-state index contributed by atoms with van der Waals surface area (Å²) < 4.78 is 28.0. The molecule has 6 heteroatoms. The predicted molar refractivity (Wildman–Crippen MR) is 88.4 cm³/mol. The highest BCUT2D eigenvalue weighted by molar-refractivity contribution is 9.10. The predicted octanol–water partition coefficient (Wildman–Crippen LogP) is 3.09. The van der Waals surface area contributed by atoms with E-state index in [1.807, 2.05) is 37.4 Å². The van der Waals surface area contributed by atoms with Gasteiger partial charge in [0.25, 0.3) is 10.0 Å². The number of anilines is 2. The van der Waals surface area contributed by atoms with E-state index in [0.717, 1.165) is 15.8 Å². The SMILES string of the molecule is CN1CCN(S(=O)(=O)c2cccc(Br)c2)c2ccccc21. The number of para-hydroxylation sites is 2. The summed E-state index contributed by atoms with van der Waals surface area (Å²) in [6, 6.07) is 14.4. The van der Waals surface area contributed by atoms with Gasteiger partial charge in [0.05, 0.1) is 22.8 Å². The van der Waals surface area contributed by atoms with Crippen LogP contribution in [0, 0.1) is 0 Å². The summed E-state index contributed by atoms with van der Waals surface area (Å²) in [6.07, 6.45) is 0. The summed E-state index contributed by atoms with van der Waals surface area (Å²) >= 11 is 3.33. The zero-order valence-corrected chi connectivity index (χ0v) is 13.9. The summed E-state index contributed by atoms with van der Waals surface area (Å²) in [4.78, 5) is 2.37. The molecule has 0 N–H and O–H groups in total. The number of benzene rings is 2. The number of hydrogen-bond donors (Lipinski definition) is 0. The highest BCUT2D eigenvalue weighted by Gasteiger charge is 2.30. The first-order valence-corrected chi connectivity index (χ1v) is 8.82. The third kappa shape index (κ3) is 2.53. The minimum Gasteiger partial charge on any atom is -0.371 e. The molecule has 2 aromatic carbocycles. The van der Waals surface area contributed by atoms with Crippen molar-refractivity contribution in [3.63, 3.8) is 0 Å². The Morgan fingerprint density at radius 3 is 2.43 bits per heavy atom. The number of rotatable bonds is 2. The normalized spacial score (nSPS) is 15.0. The standard InChI is InChI=1S/C15H15BrN2O2S/c1-17-9-10-18(15-8-3-2-7-14(15)17)21(19,20)13-6-4-5-12(16)11-13/h2-8,11H,9-10H2,1H3. The van der Waals surface area contributed by atoms with Gasteiger partial charge in [-0.15, -0.1) is 0 Å². The molecule has 0 bridgehead atoms. The summed E-state index contributed by atoms with van der Waals surface area (Å²) in [5.74, 6) is 0. The van der Waals surface area contributed by atoms with Crippen molar-refractivity contribution in [2.75, 3.05) is 29.3 Å². The van der Waals surface area contributed by atoms with Gasteiger partial charge in [0.2, 0.25) is 0 Å². The molecule has 0 radical (unpaired) electrons. The van der Waals surface area contributed by atoms with Crippen LogP contribution in [0.2, 0.25) is 0 Å². The fraction of sp³-hybridized carbons (Fsp3) is 0.200. The smallest absolute Gasteiger partial charge is 0.264 e. The van der Waals surface area contributed by atoms with Gasteiger partial charge in [-0.05, 0) is 30.3 Å². The Balaban J connectivity index is 2.11. The summed E-state index contributed by atoms with van der Waals surface area (Å²) in [6.45, 7) is 1.12. The van der Waals surface area contributed by atoms with E-state index in [-0.39, 0.29) is 0 Å². The third-order valence-electron chi connectivity index (χ3n) is 3.58. The van der Waals surface area contributed by atoms with Gasteiger partial charge in [0.1, 0.15) is 0 Å². The molecule has 0 spiro atoms. The maximum Gasteiger partial charge on any atom is 0.264 e. The molecule has 1 aliphatic rings. The second-order valence-corrected chi connectivity index (χ2v) is 7.72. The second kappa shape index (κ2) is 5.35. The largest absolute Gasteiger partial charge is 0.371 e. The number of nitrogens with zero attached hydrogens (tertiary/aromatic N) is 2. The topological polar surface area (TPSA) is 40.6 Å². The van der Waals surface area contributed by atoms with Gasteiger partial charge in [0.15, 0.2) is 0 Å². The van der Waals surface area contributed by atoms with Gasteiger partial charge in [-0.1, -0.05) is 34.1 Å². The molecule has 0 fully saturated rings. The average molecular weight is 367 g/mol. The minimum atomic E-state index is -3.54. The molecular weight excluding hydrogens is 352 g/mol. The second-order valence-electron chi connectivity index (χ2n) is 4.94. The molecule has 0 atom stereocenters.